The van der Waals surface area contributed by atoms with Crippen molar-refractivity contribution in [3.05, 3.63) is 53.3 Å². The van der Waals surface area contributed by atoms with Crippen LogP contribution in [0.15, 0.2) is 41.4 Å². The predicted octanol–water partition coefficient (Wildman–Crippen LogP) is 3.26. The third-order valence-electron chi connectivity index (χ3n) is 3.79. The molecule has 1 aromatic carbocycles. The zero-order valence-electron chi connectivity index (χ0n) is 13.9. The zero-order chi connectivity index (χ0) is 19.7. The number of carboxylic acids is 1. The van der Waals surface area contributed by atoms with Crippen LogP contribution in [-0.4, -0.2) is 24.1 Å². The molecule has 0 spiro atoms. The summed E-state index contributed by atoms with van der Waals surface area (Å²) in [5.41, 5.74) is -0.942. The number of hydrogen-bond acceptors (Lipinski definition) is 3. The lowest BCUT2D eigenvalue weighted by Gasteiger charge is -2.16. The van der Waals surface area contributed by atoms with E-state index in [1.807, 2.05) is 0 Å². The second-order valence-corrected chi connectivity index (χ2v) is 7.33. The highest BCUT2D eigenvalue weighted by atomic mass is 32.2. The Balaban J connectivity index is 2.31. The van der Waals surface area contributed by atoms with Gasteiger partial charge >= 0.3 is 12.1 Å². The summed E-state index contributed by atoms with van der Waals surface area (Å²) >= 11 is 0. The normalized spacial score (nSPS) is 13.6. The van der Waals surface area contributed by atoms with Crippen molar-refractivity contribution >= 4 is 16.0 Å². The SMILES string of the molecule is CCn1cc(S(=O)(=O)NC(C)c2cccc(C(F)(F)F)c2)cc1C(=O)O. The van der Waals surface area contributed by atoms with E-state index >= 15 is 0 Å². The van der Waals surface area contributed by atoms with E-state index in [9.17, 15) is 26.4 Å². The topological polar surface area (TPSA) is 88.4 Å². The predicted molar refractivity (Wildman–Crippen MR) is 87.2 cm³/mol. The van der Waals surface area contributed by atoms with Gasteiger partial charge in [0.2, 0.25) is 10.0 Å². The molecule has 0 aliphatic rings. The lowest BCUT2D eigenvalue weighted by molar-refractivity contribution is -0.137. The van der Waals surface area contributed by atoms with E-state index in [0.29, 0.717) is 0 Å². The zero-order valence-corrected chi connectivity index (χ0v) is 14.7. The number of aryl methyl sites for hydroxylation is 1. The lowest BCUT2D eigenvalue weighted by Crippen LogP contribution is -2.27. The molecule has 0 aliphatic carbocycles. The molecule has 0 aliphatic heterocycles. The van der Waals surface area contributed by atoms with E-state index in [1.165, 1.54) is 29.8 Å². The summed E-state index contributed by atoms with van der Waals surface area (Å²) in [7, 11) is -4.12. The molecule has 0 saturated carbocycles. The smallest absolute Gasteiger partial charge is 0.416 e. The van der Waals surface area contributed by atoms with Crippen molar-refractivity contribution in [2.24, 2.45) is 0 Å². The molecular weight excluding hydrogens is 373 g/mol. The van der Waals surface area contributed by atoms with Crippen molar-refractivity contribution < 1.29 is 31.5 Å². The van der Waals surface area contributed by atoms with Gasteiger partial charge in [-0.2, -0.15) is 13.2 Å². The van der Waals surface area contributed by atoms with Gasteiger partial charge in [-0.15, -0.1) is 0 Å². The number of alkyl halides is 3. The average molecular weight is 390 g/mol. The standard InChI is InChI=1S/C16H17F3N2O4S/c1-3-21-9-13(8-14(21)15(22)23)26(24,25)20-10(2)11-5-4-6-12(7-11)16(17,18)19/h4-10,20H,3H2,1-2H3,(H,22,23). The highest BCUT2D eigenvalue weighted by Gasteiger charge is 2.31. The molecule has 2 rings (SSSR count). The summed E-state index contributed by atoms with van der Waals surface area (Å²) in [4.78, 5) is 10.9. The number of nitrogens with one attached hydrogen (secondary N) is 1. The molecule has 1 atom stereocenters. The highest BCUT2D eigenvalue weighted by Crippen LogP contribution is 2.31. The van der Waals surface area contributed by atoms with Gasteiger partial charge in [0.25, 0.3) is 0 Å². The van der Waals surface area contributed by atoms with Crippen molar-refractivity contribution in [1.82, 2.24) is 9.29 Å². The molecule has 2 N–H and O–H groups in total. The van der Waals surface area contributed by atoms with Crippen LogP contribution in [0.5, 0.6) is 0 Å². The highest BCUT2D eigenvalue weighted by molar-refractivity contribution is 7.89. The minimum absolute atomic E-state index is 0.136. The fraction of sp³-hybridized carbons (Fsp3) is 0.312. The number of hydrogen-bond donors (Lipinski definition) is 2. The van der Waals surface area contributed by atoms with Crippen molar-refractivity contribution in [1.29, 1.82) is 0 Å². The average Bonchev–Trinajstić information content (AvgIpc) is 2.99. The van der Waals surface area contributed by atoms with Crippen LogP contribution in [-0.2, 0) is 22.7 Å². The quantitative estimate of drug-likeness (QED) is 0.792. The summed E-state index contributed by atoms with van der Waals surface area (Å²) in [5, 5.41) is 9.10. The fourth-order valence-corrected chi connectivity index (χ4v) is 3.69. The maximum Gasteiger partial charge on any atom is 0.416 e. The third-order valence-corrected chi connectivity index (χ3v) is 5.30. The number of benzene rings is 1. The summed E-state index contributed by atoms with van der Waals surface area (Å²) in [6, 6.07) is 4.40. The number of carboxylic acid groups (broad SMARTS) is 1. The van der Waals surface area contributed by atoms with Gasteiger partial charge in [0.1, 0.15) is 10.6 Å². The minimum Gasteiger partial charge on any atom is -0.477 e. The molecule has 26 heavy (non-hydrogen) atoms. The molecule has 0 fully saturated rings. The van der Waals surface area contributed by atoms with E-state index in [-0.39, 0.29) is 22.7 Å². The third kappa shape index (κ3) is 4.25. The van der Waals surface area contributed by atoms with Gasteiger partial charge in [0.15, 0.2) is 0 Å². The van der Waals surface area contributed by atoms with E-state index < -0.39 is 33.8 Å². The van der Waals surface area contributed by atoms with Gasteiger partial charge in [0, 0.05) is 18.8 Å². The van der Waals surface area contributed by atoms with Crippen molar-refractivity contribution in [2.75, 3.05) is 0 Å². The van der Waals surface area contributed by atoms with Gasteiger partial charge in [-0.3, -0.25) is 0 Å². The second-order valence-electron chi connectivity index (χ2n) is 5.62. The van der Waals surface area contributed by atoms with Crippen LogP contribution in [0.2, 0.25) is 0 Å². The maximum atomic E-state index is 12.8. The number of aromatic nitrogens is 1. The first-order valence-corrected chi connectivity index (χ1v) is 9.07. The second kappa shape index (κ2) is 7.12. The van der Waals surface area contributed by atoms with Crippen molar-refractivity contribution in [3.8, 4) is 0 Å². The van der Waals surface area contributed by atoms with Gasteiger partial charge < -0.3 is 9.67 Å². The Morgan fingerprint density at radius 3 is 2.46 bits per heavy atom. The number of halogens is 3. The summed E-state index contributed by atoms with van der Waals surface area (Å²) in [6.45, 7) is 3.31. The first kappa shape index (κ1) is 20.0. The summed E-state index contributed by atoms with van der Waals surface area (Å²) in [5.74, 6) is -1.28. The van der Waals surface area contributed by atoms with Crippen LogP contribution in [0.25, 0.3) is 0 Å². The number of rotatable bonds is 6. The molecule has 2 aromatic rings. The molecule has 142 valence electrons. The van der Waals surface area contributed by atoms with Crippen LogP contribution < -0.4 is 4.72 Å². The van der Waals surface area contributed by atoms with E-state index in [0.717, 1.165) is 18.2 Å². The van der Waals surface area contributed by atoms with Gasteiger partial charge in [0.05, 0.1) is 5.56 Å². The molecule has 1 aromatic heterocycles. The van der Waals surface area contributed by atoms with E-state index in [2.05, 4.69) is 4.72 Å². The van der Waals surface area contributed by atoms with Crippen LogP contribution >= 0.6 is 0 Å². The number of carbonyl (C=O) groups is 1. The Kier molecular flexibility index (Phi) is 5.47. The lowest BCUT2D eigenvalue weighted by atomic mass is 10.1. The Labute approximate surface area is 148 Å². The maximum absolute atomic E-state index is 12.8. The van der Waals surface area contributed by atoms with Crippen LogP contribution in [0, 0.1) is 0 Å². The molecule has 1 unspecified atom stereocenters. The summed E-state index contributed by atoms with van der Waals surface area (Å²) in [6.07, 6.45) is -3.37. The van der Waals surface area contributed by atoms with Gasteiger partial charge in [-0.25, -0.2) is 17.9 Å². The Bertz CT molecular complexity index is 920. The van der Waals surface area contributed by atoms with E-state index in [4.69, 9.17) is 5.11 Å². The van der Waals surface area contributed by atoms with Crippen molar-refractivity contribution in [2.45, 2.75) is 37.5 Å². The molecule has 1 heterocycles. The molecule has 0 saturated heterocycles. The Morgan fingerprint density at radius 2 is 1.96 bits per heavy atom. The molecule has 0 amide bonds. The first-order valence-electron chi connectivity index (χ1n) is 7.58. The largest absolute Gasteiger partial charge is 0.477 e. The molecule has 0 bridgehead atoms. The molecule has 0 radical (unpaired) electrons. The van der Waals surface area contributed by atoms with Crippen LogP contribution in [0.3, 0.4) is 0 Å². The van der Waals surface area contributed by atoms with Gasteiger partial charge in [-0.1, -0.05) is 12.1 Å². The number of nitrogens with zero attached hydrogens (tertiary/aromatic N) is 1. The molecule has 10 heteroatoms. The van der Waals surface area contributed by atoms with E-state index in [1.54, 1.807) is 6.92 Å². The minimum atomic E-state index is -4.54. The fourth-order valence-electron chi connectivity index (χ4n) is 2.42. The Morgan fingerprint density at radius 1 is 1.31 bits per heavy atom. The van der Waals surface area contributed by atoms with Crippen LogP contribution in [0.4, 0.5) is 13.2 Å². The number of sulfonamides is 1. The molecule has 6 nitrogen and oxygen atoms in total. The first-order chi connectivity index (χ1) is 12.0. The Hall–Kier alpha value is -2.33. The van der Waals surface area contributed by atoms with Gasteiger partial charge in [-0.05, 0) is 37.6 Å². The van der Waals surface area contributed by atoms with Crippen molar-refractivity contribution in [3.63, 3.8) is 0 Å². The summed E-state index contributed by atoms with van der Waals surface area (Å²) < 4.78 is 66.8. The number of aromatic carboxylic acids is 1. The molecular formula is C16H17F3N2O4S. The van der Waals surface area contributed by atoms with Crippen LogP contribution in [0.1, 0.15) is 41.5 Å². The monoisotopic (exact) mass is 390 g/mol.